The largest absolute Gasteiger partial charge is 0.388 e. The fourth-order valence-electron chi connectivity index (χ4n) is 1.39. The molecule has 1 aromatic heterocycles. The maximum absolute atomic E-state index is 11.3. The Morgan fingerprint density at radius 1 is 1.69 bits per heavy atom. The highest BCUT2D eigenvalue weighted by Crippen LogP contribution is 2.17. The molecule has 0 aliphatic rings. The van der Waals surface area contributed by atoms with Crippen LogP contribution in [0.4, 0.5) is 0 Å². The van der Waals surface area contributed by atoms with Crippen LogP contribution in [0.2, 0.25) is 0 Å². The summed E-state index contributed by atoms with van der Waals surface area (Å²) >= 11 is 0. The lowest BCUT2D eigenvalue weighted by molar-refractivity contribution is 0.452. The lowest BCUT2D eigenvalue weighted by atomic mass is 10.1. The van der Waals surface area contributed by atoms with Crippen molar-refractivity contribution in [3.8, 4) is 0 Å². The fraction of sp³-hybridized carbons (Fsp3) is 0.556. The number of hydrogen-bond donors (Lipinski definition) is 2. The van der Waals surface area contributed by atoms with E-state index in [4.69, 9.17) is 11.1 Å². The van der Waals surface area contributed by atoms with Gasteiger partial charge in [-0.3, -0.25) is 10.1 Å². The Bertz CT molecular complexity index is 477. The second kappa shape index (κ2) is 4.65. The molecule has 0 aliphatic heterocycles. The molecule has 0 spiro atoms. The third-order valence-corrected chi connectivity index (χ3v) is 3.37. The SMILES string of the molecule is CCC(CC(=N)N)n1cc(S(C)(=O)=O)cn1. The molecule has 1 unspecified atom stereocenters. The zero-order chi connectivity index (χ0) is 12.3. The molecule has 0 aromatic carbocycles. The predicted octanol–water partition coefficient (Wildman–Crippen LogP) is 0.564. The van der Waals surface area contributed by atoms with E-state index in [2.05, 4.69) is 5.10 Å². The van der Waals surface area contributed by atoms with Crippen LogP contribution in [-0.2, 0) is 9.84 Å². The van der Waals surface area contributed by atoms with Gasteiger partial charge in [0.2, 0.25) is 0 Å². The second-order valence-corrected chi connectivity index (χ2v) is 5.74. The number of nitrogens with zero attached hydrogens (tertiary/aromatic N) is 2. The van der Waals surface area contributed by atoms with Gasteiger partial charge < -0.3 is 5.73 Å². The number of nitrogens with two attached hydrogens (primary N) is 1. The summed E-state index contributed by atoms with van der Waals surface area (Å²) in [6, 6.07) is -0.0620. The lowest BCUT2D eigenvalue weighted by Gasteiger charge is -2.14. The van der Waals surface area contributed by atoms with E-state index in [1.807, 2.05) is 6.92 Å². The first-order valence-corrected chi connectivity index (χ1v) is 6.80. The molecule has 90 valence electrons. The third kappa shape index (κ3) is 3.06. The molecular formula is C9H16N4O2S. The van der Waals surface area contributed by atoms with Crippen LogP contribution in [-0.4, -0.2) is 30.3 Å². The van der Waals surface area contributed by atoms with Crippen molar-refractivity contribution in [3.05, 3.63) is 12.4 Å². The van der Waals surface area contributed by atoms with E-state index in [1.165, 1.54) is 12.4 Å². The normalized spacial score (nSPS) is 13.6. The molecule has 3 N–H and O–H groups in total. The molecule has 0 amide bonds. The topological polar surface area (TPSA) is 102 Å². The highest BCUT2D eigenvalue weighted by molar-refractivity contribution is 7.90. The molecule has 0 radical (unpaired) electrons. The Hall–Kier alpha value is -1.37. The fourth-order valence-corrected chi connectivity index (χ4v) is 1.93. The minimum Gasteiger partial charge on any atom is -0.388 e. The second-order valence-electron chi connectivity index (χ2n) is 3.72. The Balaban J connectivity index is 2.95. The van der Waals surface area contributed by atoms with Crippen LogP contribution in [0.3, 0.4) is 0 Å². The first-order chi connectivity index (χ1) is 7.34. The smallest absolute Gasteiger partial charge is 0.178 e. The maximum Gasteiger partial charge on any atom is 0.178 e. The average Bonchev–Trinajstić information content (AvgIpc) is 2.61. The van der Waals surface area contributed by atoms with Crippen LogP contribution < -0.4 is 5.73 Å². The van der Waals surface area contributed by atoms with Crippen LogP contribution in [0.15, 0.2) is 17.3 Å². The first kappa shape index (κ1) is 12.7. The van der Waals surface area contributed by atoms with E-state index in [1.54, 1.807) is 4.68 Å². The van der Waals surface area contributed by atoms with E-state index < -0.39 is 9.84 Å². The third-order valence-electron chi connectivity index (χ3n) is 2.31. The van der Waals surface area contributed by atoms with Crippen molar-refractivity contribution in [2.24, 2.45) is 5.73 Å². The number of rotatable bonds is 5. The number of amidine groups is 1. The van der Waals surface area contributed by atoms with Crippen LogP contribution >= 0.6 is 0 Å². The summed E-state index contributed by atoms with van der Waals surface area (Å²) in [7, 11) is -3.22. The van der Waals surface area contributed by atoms with E-state index >= 15 is 0 Å². The summed E-state index contributed by atoms with van der Waals surface area (Å²) in [5, 5.41) is 11.2. The molecule has 1 rings (SSSR count). The van der Waals surface area contributed by atoms with Crippen molar-refractivity contribution < 1.29 is 8.42 Å². The number of hydrogen-bond acceptors (Lipinski definition) is 4. The first-order valence-electron chi connectivity index (χ1n) is 4.91. The van der Waals surface area contributed by atoms with Gasteiger partial charge in [0.15, 0.2) is 9.84 Å². The van der Waals surface area contributed by atoms with Crippen LogP contribution in [0, 0.1) is 5.41 Å². The quantitative estimate of drug-likeness (QED) is 0.583. The molecule has 1 aromatic rings. The molecule has 6 nitrogen and oxygen atoms in total. The minimum atomic E-state index is -3.22. The molecule has 7 heteroatoms. The summed E-state index contributed by atoms with van der Waals surface area (Å²) in [4.78, 5) is 0.189. The van der Waals surface area contributed by atoms with Gasteiger partial charge in [0, 0.05) is 18.9 Å². The van der Waals surface area contributed by atoms with Crippen LogP contribution in [0.1, 0.15) is 25.8 Å². The van der Waals surface area contributed by atoms with Crippen molar-refractivity contribution >= 4 is 15.7 Å². The van der Waals surface area contributed by atoms with Crippen molar-refractivity contribution in [1.29, 1.82) is 5.41 Å². The van der Waals surface area contributed by atoms with Gasteiger partial charge in [-0.25, -0.2) is 8.42 Å². The molecule has 0 aliphatic carbocycles. The van der Waals surface area contributed by atoms with Crippen molar-refractivity contribution in [2.75, 3.05) is 6.26 Å². The summed E-state index contributed by atoms with van der Waals surface area (Å²) in [5.41, 5.74) is 5.32. The molecule has 0 bridgehead atoms. The molecule has 1 heterocycles. The standard InChI is InChI=1S/C9H16N4O2S/c1-3-7(4-9(10)11)13-6-8(5-12-13)16(2,14)15/h5-7H,3-4H2,1-2H3,(H3,10,11). The van der Waals surface area contributed by atoms with Gasteiger partial charge in [-0.1, -0.05) is 6.92 Å². The maximum atomic E-state index is 11.3. The van der Waals surface area contributed by atoms with E-state index in [-0.39, 0.29) is 16.8 Å². The Morgan fingerprint density at radius 2 is 2.31 bits per heavy atom. The zero-order valence-electron chi connectivity index (χ0n) is 9.34. The average molecular weight is 244 g/mol. The van der Waals surface area contributed by atoms with Gasteiger partial charge in [-0.05, 0) is 6.42 Å². The van der Waals surface area contributed by atoms with Crippen molar-refractivity contribution in [3.63, 3.8) is 0 Å². The van der Waals surface area contributed by atoms with E-state index in [0.717, 1.165) is 12.7 Å². The van der Waals surface area contributed by atoms with Crippen molar-refractivity contribution in [1.82, 2.24) is 9.78 Å². The van der Waals surface area contributed by atoms with Gasteiger partial charge in [0.1, 0.15) is 4.90 Å². The number of aromatic nitrogens is 2. The molecule has 0 saturated carbocycles. The van der Waals surface area contributed by atoms with Gasteiger partial charge >= 0.3 is 0 Å². The Kier molecular flexibility index (Phi) is 3.69. The summed E-state index contributed by atoms with van der Waals surface area (Å²) < 4.78 is 24.1. The van der Waals surface area contributed by atoms with E-state index in [9.17, 15) is 8.42 Å². The summed E-state index contributed by atoms with van der Waals surface area (Å²) in [6.45, 7) is 1.94. The molecule has 0 fully saturated rings. The Labute approximate surface area is 94.9 Å². The monoisotopic (exact) mass is 244 g/mol. The number of sulfone groups is 1. The van der Waals surface area contributed by atoms with Crippen LogP contribution in [0.5, 0.6) is 0 Å². The predicted molar refractivity (Wildman–Crippen MR) is 61.2 cm³/mol. The molecule has 16 heavy (non-hydrogen) atoms. The molecule has 0 saturated heterocycles. The summed E-state index contributed by atoms with van der Waals surface area (Å²) in [5.74, 6) is 0.0725. The lowest BCUT2D eigenvalue weighted by Crippen LogP contribution is -2.18. The highest BCUT2D eigenvalue weighted by Gasteiger charge is 2.15. The number of nitrogens with one attached hydrogen (secondary N) is 1. The van der Waals surface area contributed by atoms with Gasteiger partial charge in [0.25, 0.3) is 0 Å². The van der Waals surface area contributed by atoms with Gasteiger partial charge in [-0.2, -0.15) is 5.10 Å². The minimum absolute atomic E-state index is 0.0620. The van der Waals surface area contributed by atoms with Gasteiger partial charge in [-0.15, -0.1) is 0 Å². The van der Waals surface area contributed by atoms with E-state index in [0.29, 0.717) is 6.42 Å². The Morgan fingerprint density at radius 3 is 2.69 bits per heavy atom. The van der Waals surface area contributed by atoms with Gasteiger partial charge in [0.05, 0.1) is 18.1 Å². The summed E-state index contributed by atoms with van der Waals surface area (Å²) in [6.07, 6.45) is 5.05. The van der Waals surface area contributed by atoms with Crippen LogP contribution in [0.25, 0.3) is 0 Å². The zero-order valence-corrected chi connectivity index (χ0v) is 10.2. The molecule has 1 atom stereocenters. The molecular weight excluding hydrogens is 228 g/mol. The highest BCUT2D eigenvalue weighted by atomic mass is 32.2. The van der Waals surface area contributed by atoms with Crippen molar-refractivity contribution in [2.45, 2.75) is 30.7 Å².